The molecule has 4 heteroatoms. The lowest BCUT2D eigenvalue weighted by molar-refractivity contribution is -0.140. The lowest BCUT2D eigenvalue weighted by Gasteiger charge is -2.12. The molecule has 0 saturated carbocycles. The normalized spacial score (nSPS) is 11.4. The third-order valence-electron chi connectivity index (χ3n) is 2.80. The summed E-state index contributed by atoms with van der Waals surface area (Å²) in [4.78, 5) is 22.6. The van der Waals surface area contributed by atoms with Crippen LogP contribution in [0.4, 0.5) is 0 Å². The number of benzene rings is 1. The highest BCUT2D eigenvalue weighted by Crippen LogP contribution is 2.20. The minimum absolute atomic E-state index is 0.0145. The Labute approximate surface area is 113 Å². The number of carbonyl (C=O) groups is 2. The second-order valence-electron chi connectivity index (χ2n) is 4.13. The van der Waals surface area contributed by atoms with Crippen molar-refractivity contribution in [3.63, 3.8) is 0 Å². The number of carbonyl (C=O) groups excluding carboxylic acids is 2. The van der Waals surface area contributed by atoms with Crippen molar-refractivity contribution in [3.8, 4) is 0 Å². The first-order valence-electron chi connectivity index (χ1n) is 6.18. The van der Waals surface area contributed by atoms with E-state index < -0.39 is 0 Å². The van der Waals surface area contributed by atoms with Crippen LogP contribution in [0.5, 0.6) is 0 Å². The van der Waals surface area contributed by atoms with E-state index in [9.17, 15) is 9.59 Å². The van der Waals surface area contributed by atoms with Crippen molar-refractivity contribution in [2.24, 2.45) is 0 Å². The molecule has 1 aromatic rings. The van der Waals surface area contributed by atoms with E-state index in [1.54, 1.807) is 6.08 Å². The summed E-state index contributed by atoms with van der Waals surface area (Å²) in [5.74, 6) is -0.444. The highest BCUT2D eigenvalue weighted by atomic mass is 16.5. The quantitative estimate of drug-likeness (QED) is 0.603. The van der Waals surface area contributed by atoms with E-state index in [1.165, 1.54) is 7.11 Å². The molecule has 0 aliphatic rings. The summed E-state index contributed by atoms with van der Waals surface area (Å²) in [6, 6.07) is 9.73. The summed E-state index contributed by atoms with van der Waals surface area (Å²) in [6.45, 7) is 4.05. The Morgan fingerprint density at radius 3 is 2.63 bits per heavy atom. The number of allylic oxidation sites excluding steroid dienone is 1. The summed E-state index contributed by atoms with van der Waals surface area (Å²) < 4.78 is 4.50. The molecule has 0 bridgehead atoms. The number of amides is 1. The molecule has 19 heavy (non-hydrogen) atoms. The van der Waals surface area contributed by atoms with Gasteiger partial charge in [-0.3, -0.25) is 9.59 Å². The van der Waals surface area contributed by atoms with Crippen LogP contribution in [0.15, 0.2) is 43.0 Å². The Morgan fingerprint density at radius 2 is 2.05 bits per heavy atom. The Morgan fingerprint density at radius 1 is 1.37 bits per heavy atom. The smallest absolute Gasteiger partial charge is 0.307 e. The maximum absolute atomic E-state index is 11.7. The van der Waals surface area contributed by atoms with Gasteiger partial charge in [0.05, 0.1) is 13.5 Å². The van der Waals surface area contributed by atoms with Crippen LogP contribution < -0.4 is 5.32 Å². The second-order valence-corrected chi connectivity index (χ2v) is 4.13. The second kappa shape index (κ2) is 8.08. The summed E-state index contributed by atoms with van der Waals surface area (Å²) in [5, 5.41) is 2.69. The molecular weight excluding hydrogens is 242 g/mol. The molecule has 0 heterocycles. The zero-order valence-corrected chi connectivity index (χ0v) is 11.1. The molecular formula is C15H19NO3. The number of hydrogen-bond acceptors (Lipinski definition) is 3. The van der Waals surface area contributed by atoms with Crippen LogP contribution in [-0.2, 0) is 14.3 Å². The van der Waals surface area contributed by atoms with Crippen LogP contribution in [0.1, 0.15) is 24.3 Å². The van der Waals surface area contributed by atoms with Crippen LogP contribution in [0.3, 0.4) is 0 Å². The van der Waals surface area contributed by atoms with E-state index in [4.69, 9.17) is 0 Å². The molecule has 0 radical (unpaired) electrons. The minimum Gasteiger partial charge on any atom is -0.469 e. The maximum atomic E-state index is 11.7. The zero-order chi connectivity index (χ0) is 14.1. The Balaban J connectivity index is 2.42. The summed E-state index contributed by atoms with van der Waals surface area (Å²) in [6.07, 6.45) is 2.27. The SMILES string of the molecule is C=CC(CC(=O)NCCC(=O)OC)c1ccccc1. The molecule has 1 aromatic carbocycles. The van der Waals surface area contributed by atoms with Crippen molar-refractivity contribution < 1.29 is 14.3 Å². The summed E-state index contributed by atoms with van der Waals surface area (Å²) in [7, 11) is 1.33. The highest BCUT2D eigenvalue weighted by Gasteiger charge is 2.12. The van der Waals surface area contributed by atoms with E-state index >= 15 is 0 Å². The molecule has 1 N–H and O–H groups in total. The van der Waals surface area contributed by atoms with E-state index in [0.29, 0.717) is 13.0 Å². The average molecular weight is 261 g/mol. The zero-order valence-electron chi connectivity index (χ0n) is 11.1. The molecule has 1 atom stereocenters. The average Bonchev–Trinajstić information content (AvgIpc) is 2.45. The molecule has 0 aliphatic carbocycles. The summed E-state index contributed by atoms with van der Waals surface area (Å²) >= 11 is 0. The molecule has 1 amide bonds. The number of nitrogens with one attached hydrogen (secondary N) is 1. The van der Waals surface area contributed by atoms with Crippen molar-refractivity contribution in [2.45, 2.75) is 18.8 Å². The number of esters is 1. The van der Waals surface area contributed by atoms with Gasteiger partial charge in [-0.1, -0.05) is 36.4 Å². The maximum Gasteiger partial charge on any atom is 0.307 e. The van der Waals surface area contributed by atoms with E-state index in [1.807, 2.05) is 30.3 Å². The Bertz CT molecular complexity index is 428. The van der Waals surface area contributed by atoms with Gasteiger partial charge in [0.25, 0.3) is 0 Å². The van der Waals surface area contributed by atoms with Crippen LogP contribution in [0.2, 0.25) is 0 Å². The topological polar surface area (TPSA) is 55.4 Å². The molecule has 0 spiro atoms. The standard InChI is InChI=1S/C15H19NO3/c1-3-12(13-7-5-4-6-8-13)11-14(17)16-10-9-15(18)19-2/h3-8,12H,1,9-11H2,2H3,(H,16,17). The molecule has 0 aliphatic heterocycles. The van der Waals surface area contributed by atoms with Gasteiger partial charge < -0.3 is 10.1 Å². The Kier molecular flexibility index (Phi) is 6.36. The number of rotatable bonds is 7. The van der Waals surface area contributed by atoms with Crippen molar-refractivity contribution in [2.75, 3.05) is 13.7 Å². The minimum atomic E-state index is -0.330. The van der Waals surface area contributed by atoms with E-state index in [-0.39, 0.29) is 24.2 Å². The molecule has 1 unspecified atom stereocenters. The lowest BCUT2D eigenvalue weighted by atomic mass is 9.95. The van der Waals surface area contributed by atoms with Crippen molar-refractivity contribution in [3.05, 3.63) is 48.6 Å². The largest absolute Gasteiger partial charge is 0.469 e. The monoisotopic (exact) mass is 261 g/mol. The first-order chi connectivity index (χ1) is 9.17. The highest BCUT2D eigenvalue weighted by molar-refractivity contribution is 5.78. The molecule has 0 saturated heterocycles. The van der Waals surface area contributed by atoms with Gasteiger partial charge in [0, 0.05) is 18.9 Å². The van der Waals surface area contributed by atoms with Crippen molar-refractivity contribution in [1.29, 1.82) is 0 Å². The molecule has 0 aromatic heterocycles. The van der Waals surface area contributed by atoms with Gasteiger partial charge in [-0.2, -0.15) is 0 Å². The van der Waals surface area contributed by atoms with Crippen LogP contribution in [-0.4, -0.2) is 25.5 Å². The van der Waals surface area contributed by atoms with Gasteiger partial charge in [0.15, 0.2) is 0 Å². The van der Waals surface area contributed by atoms with E-state index in [2.05, 4.69) is 16.6 Å². The van der Waals surface area contributed by atoms with Gasteiger partial charge in [-0.25, -0.2) is 0 Å². The van der Waals surface area contributed by atoms with Gasteiger partial charge in [-0.05, 0) is 5.56 Å². The number of methoxy groups -OCH3 is 1. The van der Waals surface area contributed by atoms with Crippen LogP contribution in [0.25, 0.3) is 0 Å². The summed E-state index contributed by atoms with van der Waals surface area (Å²) in [5.41, 5.74) is 1.06. The number of hydrogen-bond donors (Lipinski definition) is 1. The fourth-order valence-electron chi connectivity index (χ4n) is 1.72. The van der Waals surface area contributed by atoms with Crippen molar-refractivity contribution >= 4 is 11.9 Å². The van der Waals surface area contributed by atoms with Gasteiger partial charge >= 0.3 is 5.97 Å². The van der Waals surface area contributed by atoms with Crippen molar-refractivity contribution in [1.82, 2.24) is 5.32 Å². The third-order valence-corrected chi connectivity index (χ3v) is 2.80. The van der Waals surface area contributed by atoms with Crippen LogP contribution >= 0.6 is 0 Å². The predicted octanol–water partition coefficient (Wildman–Crippen LogP) is 2.03. The van der Waals surface area contributed by atoms with Gasteiger partial charge in [0.2, 0.25) is 5.91 Å². The third kappa shape index (κ3) is 5.38. The predicted molar refractivity (Wildman–Crippen MR) is 73.6 cm³/mol. The van der Waals surface area contributed by atoms with Gasteiger partial charge in [0.1, 0.15) is 0 Å². The lowest BCUT2D eigenvalue weighted by Crippen LogP contribution is -2.27. The molecule has 4 nitrogen and oxygen atoms in total. The van der Waals surface area contributed by atoms with Crippen LogP contribution in [0, 0.1) is 0 Å². The number of ether oxygens (including phenoxy) is 1. The molecule has 1 rings (SSSR count). The first kappa shape index (κ1) is 15.0. The Hall–Kier alpha value is -2.10. The van der Waals surface area contributed by atoms with E-state index in [0.717, 1.165) is 5.56 Å². The van der Waals surface area contributed by atoms with Gasteiger partial charge in [-0.15, -0.1) is 6.58 Å². The molecule has 0 fully saturated rings. The fourth-order valence-corrected chi connectivity index (χ4v) is 1.72. The fraction of sp³-hybridized carbons (Fsp3) is 0.333. The first-order valence-corrected chi connectivity index (χ1v) is 6.18. The molecule has 102 valence electrons.